The summed E-state index contributed by atoms with van der Waals surface area (Å²) in [7, 11) is 0. The van der Waals surface area contributed by atoms with Crippen LogP contribution in [0.3, 0.4) is 0 Å². The second-order valence-electron chi connectivity index (χ2n) is 7.19. The Hall–Kier alpha value is -2.99. The smallest absolute Gasteiger partial charge is 0.182 e. The first-order chi connectivity index (χ1) is 13.4. The molecule has 5 nitrogen and oxygen atoms in total. The van der Waals surface area contributed by atoms with Crippen molar-refractivity contribution in [3.05, 3.63) is 59.1 Å². The third-order valence-corrected chi connectivity index (χ3v) is 5.47. The summed E-state index contributed by atoms with van der Waals surface area (Å²) in [4.78, 5) is 3.11. The van der Waals surface area contributed by atoms with Crippen LogP contribution >= 0.6 is 12.2 Å². The van der Waals surface area contributed by atoms with E-state index in [0.29, 0.717) is 22.8 Å². The molecule has 0 atom stereocenters. The minimum absolute atomic E-state index is 0.0179. The van der Waals surface area contributed by atoms with E-state index < -0.39 is 0 Å². The van der Waals surface area contributed by atoms with E-state index in [0.717, 1.165) is 27.8 Å². The summed E-state index contributed by atoms with van der Waals surface area (Å²) < 4.78 is 4.71. The first kappa shape index (κ1) is 18.4. The number of benzene rings is 2. The predicted molar refractivity (Wildman–Crippen MR) is 115 cm³/mol. The molecule has 0 amide bonds. The van der Waals surface area contributed by atoms with E-state index in [4.69, 9.17) is 12.2 Å². The van der Waals surface area contributed by atoms with Crippen molar-refractivity contribution in [2.24, 2.45) is 0 Å². The molecule has 2 heterocycles. The molecule has 0 fully saturated rings. The Balaban J connectivity index is 2.00. The summed E-state index contributed by atoms with van der Waals surface area (Å²) in [5.74, 6) is 0.116. The molecular formula is C22H23N3O2S. The third-order valence-electron chi connectivity index (χ3n) is 5.17. The topological polar surface area (TPSA) is 66.1 Å². The van der Waals surface area contributed by atoms with Gasteiger partial charge in [0, 0.05) is 35.5 Å². The van der Waals surface area contributed by atoms with Gasteiger partial charge in [-0.05, 0) is 62.3 Å². The quantitative estimate of drug-likeness (QED) is 0.389. The summed E-state index contributed by atoms with van der Waals surface area (Å²) in [5.41, 5.74) is 4.23. The van der Waals surface area contributed by atoms with Gasteiger partial charge in [-0.25, -0.2) is 0 Å². The van der Waals surface area contributed by atoms with Crippen molar-refractivity contribution in [2.75, 3.05) is 0 Å². The number of aryl methyl sites for hydroxylation is 1. The maximum Gasteiger partial charge on any atom is 0.182 e. The number of rotatable bonds is 4. The van der Waals surface area contributed by atoms with Crippen LogP contribution in [-0.2, 0) is 6.42 Å². The molecule has 0 saturated carbocycles. The molecule has 144 valence electrons. The van der Waals surface area contributed by atoms with Gasteiger partial charge in [-0.15, -0.1) is 0 Å². The number of phenolic OH excluding ortho intramolecular Hbond substituents is 2. The molecule has 0 saturated heterocycles. The first-order valence-corrected chi connectivity index (χ1v) is 9.78. The number of hydrogen-bond acceptors (Lipinski definition) is 3. The number of phenols is 2. The van der Waals surface area contributed by atoms with E-state index in [2.05, 4.69) is 41.7 Å². The maximum absolute atomic E-state index is 10.5. The SMILES string of the molecule is CCc1cc(-c2c[nH]c(=S)n2-c2cccc3c2ccn3C(C)C)c(O)cc1O. The van der Waals surface area contributed by atoms with Gasteiger partial charge in [0.2, 0.25) is 0 Å². The van der Waals surface area contributed by atoms with Crippen molar-refractivity contribution in [2.45, 2.75) is 33.2 Å². The molecule has 0 aliphatic rings. The zero-order valence-electron chi connectivity index (χ0n) is 16.1. The average Bonchev–Trinajstić information content (AvgIpc) is 3.25. The average molecular weight is 394 g/mol. The number of imidazole rings is 1. The molecule has 0 spiro atoms. The number of nitrogens with one attached hydrogen (secondary N) is 1. The number of aromatic amines is 1. The summed E-state index contributed by atoms with van der Waals surface area (Å²) in [5, 5.41) is 21.6. The van der Waals surface area contributed by atoms with E-state index in [1.807, 2.05) is 29.7 Å². The maximum atomic E-state index is 10.5. The van der Waals surface area contributed by atoms with Crippen molar-refractivity contribution in [3.8, 4) is 28.4 Å². The molecule has 0 aliphatic carbocycles. The Kier molecular flexibility index (Phi) is 4.51. The second-order valence-corrected chi connectivity index (χ2v) is 7.58. The summed E-state index contributed by atoms with van der Waals surface area (Å²) in [6.07, 6.45) is 4.55. The Morgan fingerprint density at radius 2 is 1.89 bits per heavy atom. The Labute approximate surface area is 168 Å². The molecule has 6 heteroatoms. The van der Waals surface area contributed by atoms with Gasteiger partial charge in [-0.3, -0.25) is 4.57 Å². The lowest BCUT2D eigenvalue weighted by Crippen LogP contribution is -2.01. The molecule has 2 aromatic heterocycles. The van der Waals surface area contributed by atoms with Crippen LogP contribution < -0.4 is 0 Å². The van der Waals surface area contributed by atoms with Crippen LogP contribution in [0.25, 0.3) is 27.8 Å². The van der Waals surface area contributed by atoms with Gasteiger partial charge >= 0.3 is 0 Å². The van der Waals surface area contributed by atoms with Gasteiger partial charge in [0.05, 0.1) is 16.9 Å². The number of aromatic nitrogens is 3. The summed E-state index contributed by atoms with van der Waals surface area (Å²) in [6, 6.07) is 11.8. The Bertz CT molecular complexity index is 1230. The van der Waals surface area contributed by atoms with E-state index >= 15 is 0 Å². The van der Waals surface area contributed by atoms with Crippen LogP contribution in [0.2, 0.25) is 0 Å². The highest BCUT2D eigenvalue weighted by atomic mass is 32.1. The minimum atomic E-state index is 0.0179. The van der Waals surface area contributed by atoms with E-state index in [1.54, 1.807) is 6.20 Å². The van der Waals surface area contributed by atoms with Crippen molar-refractivity contribution >= 4 is 23.1 Å². The summed E-state index contributed by atoms with van der Waals surface area (Å²) in [6.45, 7) is 6.27. The molecule has 0 radical (unpaired) electrons. The molecule has 0 unspecified atom stereocenters. The standard InChI is InChI=1S/C22H23N3O2S/c1-4-14-10-16(21(27)11-20(14)26)19-12-23-22(28)25(19)18-7-5-6-17-15(18)8-9-24(17)13(2)3/h5-13,26-27H,4H2,1-3H3,(H,23,28). The number of nitrogens with zero attached hydrogens (tertiary/aromatic N) is 2. The van der Waals surface area contributed by atoms with Gasteiger partial charge in [0.1, 0.15) is 11.5 Å². The van der Waals surface area contributed by atoms with Crippen LogP contribution in [0.4, 0.5) is 0 Å². The third kappa shape index (κ3) is 2.81. The lowest BCUT2D eigenvalue weighted by atomic mass is 10.0. The van der Waals surface area contributed by atoms with Crippen molar-refractivity contribution in [1.82, 2.24) is 14.1 Å². The molecule has 0 bridgehead atoms. The Morgan fingerprint density at radius 1 is 1.11 bits per heavy atom. The van der Waals surface area contributed by atoms with Crippen LogP contribution in [0.1, 0.15) is 32.4 Å². The summed E-state index contributed by atoms with van der Waals surface area (Å²) >= 11 is 5.58. The van der Waals surface area contributed by atoms with Gasteiger partial charge in [-0.2, -0.15) is 0 Å². The van der Waals surface area contributed by atoms with Gasteiger partial charge < -0.3 is 19.8 Å². The Morgan fingerprint density at radius 3 is 2.61 bits per heavy atom. The molecule has 4 rings (SSSR count). The lowest BCUT2D eigenvalue weighted by molar-refractivity contribution is 0.447. The molecule has 0 aliphatic heterocycles. The van der Waals surface area contributed by atoms with E-state index in [9.17, 15) is 10.2 Å². The van der Waals surface area contributed by atoms with Crippen LogP contribution in [0.15, 0.2) is 48.8 Å². The van der Waals surface area contributed by atoms with Crippen molar-refractivity contribution in [1.29, 1.82) is 0 Å². The highest BCUT2D eigenvalue weighted by Gasteiger charge is 2.17. The molecule has 3 N–H and O–H groups in total. The minimum Gasteiger partial charge on any atom is -0.508 e. The van der Waals surface area contributed by atoms with Crippen LogP contribution in [-0.4, -0.2) is 24.3 Å². The van der Waals surface area contributed by atoms with E-state index in [1.165, 1.54) is 6.07 Å². The molecule has 2 aromatic carbocycles. The largest absolute Gasteiger partial charge is 0.508 e. The normalized spacial score (nSPS) is 11.6. The highest BCUT2D eigenvalue weighted by Crippen LogP contribution is 2.37. The number of hydrogen-bond donors (Lipinski definition) is 3. The van der Waals surface area contributed by atoms with Crippen molar-refractivity contribution in [3.63, 3.8) is 0 Å². The highest BCUT2D eigenvalue weighted by molar-refractivity contribution is 7.71. The second kappa shape index (κ2) is 6.87. The monoisotopic (exact) mass is 393 g/mol. The lowest BCUT2D eigenvalue weighted by Gasteiger charge is -2.14. The first-order valence-electron chi connectivity index (χ1n) is 9.38. The molecule has 28 heavy (non-hydrogen) atoms. The van der Waals surface area contributed by atoms with Crippen molar-refractivity contribution < 1.29 is 10.2 Å². The zero-order chi connectivity index (χ0) is 20.0. The van der Waals surface area contributed by atoms with Crippen LogP contribution in [0, 0.1) is 4.77 Å². The zero-order valence-corrected chi connectivity index (χ0v) is 16.9. The molecule has 4 aromatic rings. The number of fused-ring (bicyclic) bond motifs is 1. The fourth-order valence-electron chi connectivity index (χ4n) is 3.73. The fraction of sp³-hybridized carbons (Fsp3) is 0.227. The fourth-order valence-corrected chi connectivity index (χ4v) is 3.99. The van der Waals surface area contributed by atoms with Crippen LogP contribution in [0.5, 0.6) is 11.5 Å². The number of aromatic hydroxyl groups is 2. The van der Waals surface area contributed by atoms with Gasteiger partial charge in [-0.1, -0.05) is 13.0 Å². The predicted octanol–water partition coefficient (Wildman–Crippen LogP) is 5.71. The van der Waals surface area contributed by atoms with Gasteiger partial charge in [0.25, 0.3) is 0 Å². The molecular weight excluding hydrogens is 370 g/mol. The van der Waals surface area contributed by atoms with E-state index in [-0.39, 0.29) is 11.5 Å². The van der Waals surface area contributed by atoms with Gasteiger partial charge in [0.15, 0.2) is 4.77 Å². The number of H-pyrrole nitrogens is 1.